The molecule has 5 nitrogen and oxygen atoms in total. The smallest absolute Gasteiger partial charge is 0.328 e. The molecule has 1 aromatic heterocycles. The van der Waals surface area contributed by atoms with Gasteiger partial charge in [-0.1, -0.05) is 53.8 Å². The van der Waals surface area contributed by atoms with E-state index < -0.39 is 6.04 Å². The summed E-state index contributed by atoms with van der Waals surface area (Å²) >= 11 is 1.41. The first-order chi connectivity index (χ1) is 13.1. The second kappa shape index (κ2) is 8.77. The third kappa shape index (κ3) is 4.52. The van der Waals surface area contributed by atoms with Crippen LogP contribution in [0.5, 0.6) is 0 Å². The molecule has 0 radical (unpaired) electrons. The van der Waals surface area contributed by atoms with Gasteiger partial charge in [-0.2, -0.15) is 4.99 Å². The van der Waals surface area contributed by atoms with Crippen LogP contribution in [0.4, 0.5) is 0 Å². The highest BCUT2D eigenvalue weighted by atomic mass is 32.1. The molecule has 1 atom stereocenters. The predicted octanol–water partition coefficient (Wildman–Crippen LogP) is 3.89. The molecule has 3 rings (SSSR count). The molecule has 0 saturated heterocycles. The van der Waals surface area contributed by atoms with E-state index in [-0.39, 0.29) is 11.9 Å². The van der Waals surface area contributed by atoms with Crippen LogP contribution in [0.3, 0.4) is 0 Å². The molecule has 2 aromatic carbocycles. The Morgan fingerprint density at radius 3 is 2.56 bits per heavy atom. The summed E-state index contributed by atoms with van der Waals surface area (Å²) in [6, 6.07) is 17.0. The normalized spacial score (nSPS) is 12.9. The van der Waals surface area contributed by atoms with Gasteiger partial charge in [-0.3, -0.25) is 4.79 Å². The van der Waals surface area contributed by atoms with Crippen LogP contribution >= 0.6 is 11.3 Å². The standard InChI is InChI=1S/C21H22N2O3S/c1-3-26-20(25)15(2)23-17-11-7-8-12-18(17)27-21(23)22-19(24)14-13-16-9-5-4-6-10-16/h4-12,15H,3,13-14H2,1-2H3. The second-order valence-corrected chi connectivity index (χ2v) is 7.15. The summed E-state index contributed by atoms with van der Waals surface area (Å²) in [5.74, 6) is -0.533. The molecule has 27 heavy (non-hydrogen) atoms. The van der Waals surface area contributed by atoms with E-state index in [9.17, 15) is 9.59 Å². The van der Waals surface area contributed by atoms with Gasteiger partial charge in [0.1, 0.15) is 6.04 Å². The molecular weight excluding hydrogens is 360 g/mol. The molecule has 0 aliphatic heterocycles. The number of thiazole rings is 1. The van der Waals surface area contributed by atoms with Crippen molar-refractivity contribution in [3.05, 3.63) is 65.0 Å². The van der Waals surface area contributed by atoms with Gasteiger partial charge in [-0.25, -0.2) is 4.79 Å². The van der Waals surface area contributed by atoms with Crippen molar-refractivity contribution in [1.82, 2.24) is 4.57 Å². The number of aryl methyl sites for hydroxylation is 1. The molecule has 0 saturated carbocycles. The van der Waals surface area contributed by atoms with E-state index in [0.717, 1.165) is 15.8 Å². The lowest BCUT2D eigenvalue weighted by atomic mass is 10.1. The zero-order chi connectivity index (χ0) is 19.2. The van der Waals surface area contributed by atoms with E-state index >= 15 is 0 Å². The minimum atomic E-state index is -0.554. The zero-order valence-electron chi connectivity index (χ0n) is 15.4. The van der Waals surface area contributed by atoms with Crippen LogP contribution in [-0.4, -0.2) is 23.1 Å². The number of amides is 1. The summed E-state index contributed by atoms with van der Waals surface area (Å²) in [4.78, 5) is 29.5. The average molecular weight is 382 g/mol. The van der Waals surface area contributed by atoms with E-state index in [1.165, 1.54) is 11.3 Å². The summed E-state index contributed by atoms with van der Waals surface area (Å²) < 4.78 is 7.93. The molecular formula is C21H22N2O3S. The number of nitrogens with zero attached hydrogens (tertiary/aromatic N) is 2. The highest BCUT2D eigenvalue weighted by molar-refractivity contribution is 7.16. The van der Waals surface area contributed by atoms with Gasteiger partial charge < -0.3 is 9.30 Å². The molecule has 0 N–H and O–H groups in total. The van der Waals surface area contributed by atoms with Crippen LogP contribution in [0.25, 0.3) is 10.2 Å². The first-order valence-corrected chi connectivity index (χ1v) is 9.80. The van der Waals surface area contributed by atoms with Crippen molar-refractivity contribution in [2.45, 2.75) is 32.7 Å². The summed E-state index contributed by atoms with van der Waals surface area (Å²) in [5, 5.41) is 0. The Labute approximate surface area is 161 Å². The number of carbonyl (C=O) groups is 2. The molecule has 140 valence electrons. The van der Waals surface area contributed by atoms with Crippen LogP contribution < -0.4 is 4.80 Å². The number of benzene rings is 2. The van der Waals surface area contributed by atoms with Crippen molar-refractivity contribution in [2.75, 3.05) is 6.61 Å². The van der Waals surface area contributed by atoms with E-state index in [2.05, 4.69) is 4.99 Å². The quantitative estimate of drug-likeness (QED) is 0.608. The number of rotatable bonds is 6. The second-order valence-electron chi connectivity index (χ2n) is 6.14. The molecule has 3 aromatic rings. The fourth-order valence-electron chi connectivity index (χ4n) is 2.87. The summed E-state index contributed by atoms with van der Waals surface area (Å²) in [6.07, 6.45) is 0.966. The van der Waals surface area contributed by atoms with E-state index in [0.29, 0.717) is 24.2 Å². The fourth-order valence-corrected chi connectivity index (χ4v) is 3.99. The topological polar surface area (TPSA) is 60.7 Å². The first-order valence-electron chi connectivity index (χ1n) is 8.98. The number of fused-ring (bicyclic) bond motifs is 1. The maximum absolute atomic E-state index is 12.4. The number of ether oxygens (including phenoxy) is 1. The average Bonchev–Trinajstić information content (AvgIpc) is 3.04. The van der Waals surface area contributed by atoms with Gasteiger partial charge in [-0.15, -0.1) is 0 Å². The van der Waals surface area contributed by atoms with Crippen molar-refractivity contribution in [1.29, 1.82) is 0 Å². The molecule has 0 fully saturated rings. The third-order valence-corrected chi connectivity index (χ3v) is 5.27. The Bertz CT molecular complexity index is 1000. The lowest BCUT2D eigenvalue weighted by molar-refractivity contribution is -0.146. The maximum Gasteiger partial charge on any atom is 0.328 e. The highest BCUT2D eigenvalue weighted by Gasteiger charge is 2.20. The first kappa shape index (κ1) is 19.0. The van der Waals surface area contributed by atoms with Gasteiger partial charge in [0.15, 0.2) is 4.80 Å². The molecule has 0 aliphatic rings. The Hall–Kier alpha value is -2.73. The Kier molecular flexibility index (Phi) is 6.19. The Balaban J connectivity index is 1.92. The number of aromatic nitrogens is 1. The molecule has 0 aliphatic carbocycles. The van der Waals surface area contributed by atoms with Crippen LogP contribution in [-0.2, 0) is 20.7 Å². The lowest BCUT2D eigenvalue weighted by Gasteiger charge is -2.13. The van der Waals surface area contributed by atoms with Gasteiger partial charge in [-0.05, 0) is 38.0 Å². The SMILES string of the molecule is CCOC(=O)C(C)n1c(=NC(=O)CCc2ccccc2)sc2ccccc21. The molecule has 0 bridgehead atoms. The van der Waals surface area contributed by atoms with Crippen molar-refractivity contribution in [2.24, 2.45) is 4.99 Å². The zero-order valence-corrected chi connectivity index (χ0v) is 16.2. The minimum Gasteiger partial charge on any atom is -0.464 e. The van der Waals surface area contributed by atoms with Crippen LogP contribution in [0.2, 0.25) is 0 Å². The van der Waals surface area contributed by atoms with Crippen molar-refractivity contribution in [3.8, 4) is 0 Å². The predicted molar refractivity (Wildman–Crippen MR) is 106 cm³/mol. The van der Waals surface area contributed by atoms with Gasteiger partial charge in [0.25, 0.3) is 0 Å². The highest BCUT2D eigenvalue weighted by Crippen LogP contribution is 2.21. The molecule has 1 amide bonds. The number of hydrogen-bond acceptors (Lipinski definition) is 4. The molecule has 0 spiro atoms. The molecule has 1 unspecified atom stereocenters. The van der Waals surface area contributed by atoms with E-state index in [4.69, 9.17) is 4.74 Å². The fraction of sp³-hybridized carbons (Fsp3) is 0.286. The largest absolute Gasteiger partial charge is 0.464 e. The van der Waals surface area contributed by atoms with E-state index in [1.807, 2.05) is 54.6 Å². The third-order valence-electron chi connectivity index (χ3n) is 4.24. The van der Waals surface area contributed by atoms with Crippen molar-refractivity contribution < 1.29 is 14.3 Å². The molecule has 1 heterocycles. The van der Waals surface area contributed by atoms with Gasteiger partial charge in [0.05, 0.1) is 16.8 Å². The summed E-state index contributed by atoms with van der Waals surface area (Å²) in [6.45, 7) is 3.86. The van der Waals surface area contributed by atoms with Gasteiger partial charge in [0, 0.05) is 6.42 Å². The number of para-hydroxylation sites is 1. The number of hydrogen-bond donors (Lipinski definition) is 0. The lowest BCUT2D eigenvalue weighted by Crippen LogP contribution is -2.27. The van der Waals surface area contributed by atoms with Gasteiger partial charge >= 0.3 is 5.97 Å². The monoisotopic (exact) mass is 382 g/mol. The Morgan fingerprint density at radius 1 is 1.11 bits per heavy atom. The Morgan fingerprint density at radius 2 is 1.81 bits per heavy atom. The van der Waals surface area contributed by atoms with Crippen LogP contribution in [0, 0.1) is 0 Å². The summed E-state index contributed by atoms with van der Waals surface area (Å²) in [7, 11) is 0. The number of carbonyl (C=O) groups excluding carboxylic acids is 2. The van der Waals surface area contributed by atoms with Crippen molar-refractivity contribution in [3.63, 3.8) is 0 Å². The number of esters is 1. The van der Waals surface area contributed by atoms with Crippen molar-refractivity contribution >= 4 is 33.4 Å². The van der Waals surface area contributed by atoms with Crippen LogP contribution in [0.1, 0.15) is 31.9 Å². The summed E-state index contributed by atoms with van der Waals surface area (Å²) in [5.41, 5.74) is 1.97. The van der Waals surface area contributed by atoms with E-state index in [1.54, 1.807) is 18.4 Å². The maximum atomic E-state index is 12.4. The minimum absolute atomic E-state index is 0.199. The van der Waals surface area contributed by atoms with Gasteiger partial charge in [0.2, 0.25) is 5.91 Å². The van der Waals surface area contributed by atoms with Crippen LogP contribution in [0.15, 0.2) is 59.6 Å². The molecule has 6 heteroatoms.